The molecule has 1 aromatic heterocycles. The largest absolute Gasteiger partial charge is 0.490 e. The number of aryl methyl sites for hydroxylation is 1. The lowest BCUT2D eigenvalue weighted by molar-refractivity contribution is -0.245. The van der Waals surface area contributed by atoms with Gasteiger partial charge >= 0.3 is 12.1 Å². The lowest BCUT2D eigenvalue weighted by atomic mass is 9.91. The predicted octanol–water partition coefficient (Wildman–Crippen LogP) is 3.77. The molecular formula is C26H25F3N4O5S. The highest BCUT2D eigenvalue weighted by Gasteiger charge is 2.54. The molecule has 3 aromatic rings. The first kappa shape index (κ1) is 27.0. The molecule has 3 unspecified atom stereocenters. The van der Waals surface area contributed by atoms with Crippen molar-refractivity contribution >= 4 is 40.2 Å². The third-order valence-corrected chi connectivity index (χ3v) is 7.94. The lowest BCUT2D eigenvalue weighted by Crippen LogP contribution is -2.73. The zero-order chi connectivity index (χ0) is 27.7. The highest BCUT2D eigenvalue weighted by molar-refractivity contribution is 7.99. The molecule has 39 heavy (non-hydrogen) atoms. The SMILES string of the molecule is O=C(CCCc1nc2ccccc2c(=O)[nH]1)N1CCC2OC1C2N1CSc2ccccc21.O=C(O)C(F)(F)F. The Balaban J connectivity index is 0.000000392. The number of anilines is 1. The van der Waals surface area contributed by atoms with Crippen LogP contribution in [0, 0.1) is 0 Å². The van der Waals surface area contributed by atoms with Gasteiger partial charge in [0.1, 0.15) is 11.9 Å². The molecule has 2 N–H and O–H groups in total. The van der Waals surface area contributed by atoms with E-state index in [4.69, 9.17) is 14.6 Å². The minimum Gasteiger partial charge on any atom is -0.475 e. The van der Waals surface area contributed by atoms with Gasteiger partial charge in [-0.25, -0.2) is 9.78 Å². The number of thioether (sulfide) groups is 1. The number of piperidine rings is 1. The topological polar surface area (TPSA) is 116 Å². The van der Waals surface area contributed by atoms with Crippen LogP contribution in [0.5, 0.6) is 0 Å². The molecule has 0 radical (unpaired) electrons. The number of ether oxygens (including phenoxy) is 1. The number of H-pyrrole nitrogens is 1. The van der Waals surface area contributed by atoms with Crippen molar-refractivity contribution < 1.29 is 32.6 Å². The van der Waals surface area contributed by atoms with E-state index in [9.17, 15) is 22.8 Å². The van der Waals surface area contributed by atoms with Crippen molar-refractivity contribution in [1.29, 1.82) is 0 Å². The number of benzene rings is 2. The number of nitrogens with zero attached hydrogens (tertiary/aromatic N) is 3. The van der Waals surface area contributed by atoms with Crippen LogP contribution in [0.3, 0.4) is 0 Å². The number of nitrogens with one attached hydrogen (secondary N) is 1. The van der Waals surface area contributed by atoms with Crippen LogP contribution >= 0.6 is 11.8 Å². The van der Waals surface area contributed by atoms with Gasteiger partial charge in [0.15, 0.2) is 6.23 Å². The number of hydrogen-bond acceptors (Lipinski definition) is 7. The van der Waals surface area contributed by atoms with Crippen LogP contribution in [0.25, 0.3) is 10.9 Å². The number of carbonyl (C=O) groups excluding carboxylic acids is 1. The number of carboxylic acids is 1. The number of halogens is 3. The molecule has 4 aliphatic heterocycles. The summed E-state index contributed by atoms with van der Waals surface area (Å²) in [6, 6.07) is 16.0. The fraction of sp³-hybridized carbons (Fsp3) is 0.385. The maximum atomic E-state index is 13.0. The average Bonchev–Trinajstić information content (AvgIpc) is 3.32. The summed E-state index contributed by atoms with van der Waals surface area (Å²) < 4.78 is 37.8. The highest BCUT2D eigenvalue weighted by Crippen LogP contribution is 2.46. The Bertz CT molecular complexity index is 1450. The molecule has 0 aliphatic carbocycles. The van der Waals surface area contributed by atoms with Crippen LogP contribution < -0.4 is 10.5 Å². The van der Waals surface area contributed by atoms with Crippen LogP contribution in [0.1, 0.15) is 25.1 Å². The van der Waals surface area contributed by atoms with Gasteiger partial charge in [0, 0.05) is 24.3 Å². The summed E-state index contributed by atoms with van der Waals surface area (Å²) in [4.78, 5) is 47.2. The molecule has 2 bridgehead atoms. The molecule has 0 saturated carbocycles. The second kappa shape index (κ2) is 10.9. The van der Waals surface area contributed by atoms with Crippen molar-refractivity contribution in [2.75, 3.05) is 17.3 Å². The van der Waals surface area contributed by atoms with Gasteiger partial charge in [-0.2, -0.15) is 13.2 Å². The quantitative estimate of drug-likeness (QED) is 0.483. The van der Waals surface area contributed by atoms with Crippen molar-refractivity contribution in [1.82, 2.24) is 14.9 Å². The Morgan fingerprint density at radius 2 is 1.87 bits per heavy atom. The van der Waals surface area contributed by atoms with E-state index in [1.165, 1.54) is 10.6 Å². The van der Waals surface area contributed by atoms with E-state index in [2.05, 4.69) is 39.1 Å². The zero-order valence-electron chi connectivity index (χ0n) is 20.6. The van der Waals surface area contributed by atoms with Gasteiger partial charge in [0.25, 0.3) is 5.56 Å². The standard InChI is InChI=1S/C24H24N4O3S.C2HF3O2/c29-21(11-5-10-20-25-16-7-2-1-6-15(16)23(30)26-20)27-13-12-18-22(24(27)31-18)28-14-32-19-9-4-3-8-17(19)28;3-2(4,5)1(6)7/h1-4,6-9,18,22,24H,5,10-14H2,(H,25,26,30);(H,6,7). The van der Waals surface area contributed by atoms with Crippen LogP contribution in [-0.4, -0.2) is 68.8 Å². The summed E-state index contributed by atoms with van der Waals surface area (Å²) in [5.41, 5.74) is 1.81. The molecule has 9 nitrogen and oxygen atoms in total. The Morgan fingerprint density at radius 3 is 2.62 bits per heavy atom. The van der Waals surface area contributed by atoms with Crippen molar-refractivity contribution in [3.8, 4) is 0 Å². The van der Waals surface area contributed by atoms with E-state index < -0.39 is 12.1 Å². The summed E-state index contributed by atoms with van der Waals surface area (Å²) in [6.45, 7) is 0.748. The fourth-order valence-electron chi connectivity index (χ4n) is 5.02. The molecule has 3 saturated heterocycles. The number of fused-ring (bicyclic) bond motifs is 4. The van der Waals surface area contributed by atoms with Crippen LogP contribution in [0.2, 0.25) is 0 Å². The van der Waals surface area contributed by atoms with E-state index in [-0.39, 0.29) is 29.8 Å². The summed E-state index contributed by atoms with van der Waals surface area (Å²) >= 11 is 1.85. The second-order valence-corrected chi connectivity index (χ2v) is 10.3. The van der Waals surface area contributed by atoms with Crippen molar-refractivity contribution in [2.45, 2.75) is 55.1 Å². The summed E-state index contributed by atoms with van der Waals surface area (Å²) in [7, 11) is 0. The fourth-order valence-corrected chi connectivity index (χ4v) is 6.12. The summed E-state index contributed by atoms with van der Waals surface area (Å²) in [6.07, 6.45) is -2.57. The highest BCUT2D eigenvalue weighted by atomic mass is 32.2. The van der Waals surface area contributed by atoms with Gasteiger partial charge in [0.2, 0.25) is 5.91 Å². The van der Waals surface area contributed by atoms with E-state index in [0.717, 1.165) is 18.8 Å². The lowest BCUT2D eigenvalue weighted by Gasteiger charge is -2.57. The van der Waals surface area contributed by atoms with E-state index in [0.29, 0.717) is 36.0 Å². The van der Waals surface area contributed by atoms with E-state index >= 15 is 0 Å². The second-order valence-electron chi connectivity index (χ2n) is 9.33. The van der Waals surface area contributed by atoms with Gasteiger partial charge in [-0.15, -0.1) is 11.8 Å². The summed E-state index contributed by atoms with van der Waals surface area (Å²) in [5, 5.41) is 7.71. The third-order valence-electron chi connectivity index (χ3n) is 6.87. The Kier molecular flexibility index (Phi) is 7.54. The van der Waals surface area contributed by atoms with Gasteiger partial charge in [-0.3, -0.25) is 9.59 Å². The monoisotopic (exact) mass is 562 g/mol. The number of aromatic amines is 1. The molecule has 3 atom stereocenters. The van der Waals surface area contributed by atoms with E-state index in [1.54, 1.807) is 6.07 Å². The molecule has 2 aromatic carbocycles. The molecule has 3 fully saturated rings. The van der Waals surface area contributed by atoms with Crippen molar-refractivity contribution in [3.63, 3.8) is 0 Å². The van der Waals surface area contributed by atoms with Crippen LogP contribution in [0.4, 0.5) is 18.9 Å². The van der Waals surface area contributed by atoms with E-state index in [1.807, 2.05) is 34.9 Å². The number of amides is 1. The zero-order valence-corrected chi connectivity index (χ0v) is 21.4. The first-order valence-electron chi connectivity index (χ1n) is 12.3. The molecule has 7 rings (SSSR count). The smallest absolute Gasteiger partial charge is 0.475 e. The van der Waals surface area contributed by atoms with Crippen molar-refractivity contribution in [3.05, 3.63) is 64.7 Å². The number of aromatic nitrogens is 2. The number of rotatable bonds is 5. The predicted molar refractivity (Wildman–Crippen MR) is 137 cm³/mol. The third kappa shape index (κ3) is 5.59. The first-order valence-corrected chi connectivity index (χ1v) is 13.3. The Hall–Kier alpha value is -3.58. The van der Waals surface area contributed by atoms with Crippen molar-refractivity contribution in [2.24, 2.45) is 0 Å². The van der Waals surface area contributed by atoms with Gasteiger partial charge in [-0.05, 0) is 37.1 Å². The number of aliphatic carboxylic acids is 1. The number of carbonyl (C=O) groups is 2. The minimum atomic E-state index is -5.08. The average molecular weight is 563 g/mol. The van der Waals surface area contributed by atoms with Crippen LogP contribution in [0.15, 0.2) is 58.2 Å². The molecule has 4 aliphatic rings. The maximum absolute atomic E-state index is 13.0. The molecule has 1 amide bonds. The normalized spacial score (nSPS) is 21.6. The number of para-hydroxylation sites is 2. The molecule has 13 heteroatoms. The summed E-state index contributed by atoms with van der Waals surface area (Å²) in [5.74, 6) is -1.11. The first-order chi connectivity index (χ1) is 18.6. The Morgan fingerprint density at radius 1 is 1.15 bits per heavy atom. The van der Waals surface area contributed by atoms with Gasteiger partial charge in [-0.1, -0.05) is 24.3 Å². The number of hydrogen-bond donors (Lipinski definition) is 2. The molecular weight excluding hydrogens is 537 g/mol. The number of carboxylic acid groups (broad SMARTS) is 1. The van der Waals surface area contributed by atoms with Crippen LogP contribution in [-0.2, 0) is 20.7 Å². The minimum absolute atomic E-state index is 0.112. The Labute approximate surface area is 225 Å². The number of alkyl halides is 3. The maximum Gasteiger partial charge on any atom is 0.490 e. The molecule has 206 valence electrons. The van der Waals surface area contributed by atoms with Gasteiger partial charge < -0.3 is 24.6 Å². The molecule has 0 spiro atoms. The van der Waals surface area contributed by atoms with Gasteiger partial charge in [0.05, 0.1) is 28.6 Å². The molecule has 5 heterocycles.